The zero-order chi connectivity index (χ0) is 19.7. The number of aliphatic imine (C=N–C) groups is 1. The molecule has 0 radical (unpaired) electrons. The number of rotatable bonds is 8. The number of ether oxygens (including phenoxy) is 1. The molecule has 1 heterocycles. The van der Waals surface area contributed by atoms with Crippen LogP contribution in [0.1, 0.15) is 18.9 Å². The summed E-state index contributed by atoms with van der Waals surface area (Å²) in [4.78, 5) is 6.93. The largest absolute Gasteiger partial charge is 0.383 e. The van der Waals surface area contributed by atoms with Crippen LogP contribution in [0.3, 0.4) is 0 Å². The third-order valence-corrected chi connectivity index (χ3v) is 7.19. The van der Waals surface area contributed by atoms with E-state index in [0.717, 1.165) is 36.8 Å². The first-order chi connectivity index (χ1) is 13.0. The van der Waals surface area contributed by atoms with Crippen LogP contribution in [0.15, 0.2) is 34.2 Å². The Kier molecular flexibility index (Phi) is 8.88. The van der Waals surface area contributed by atoms with Crippen molar-refractivity contribution in [3.8, 4) is 0 Å². The summed E-state index contributed by atoms with van der Waals surface area (Å²) in [5.74, 6) is 1.96. The molecule has 2 N–H and O–H groups in total. The highest BCUT2D eigenvalue weighted by atomic mass is 32.2. The van der Waals surface area contributed by atoms with Crippen molar-refractivity contribution >= 4 is 27.7 Å². The molecule has 1 aromatic rings. The van der Waals surface area contributed by atoms with Crippen molar-refractivity contribution in [2.24, 2.45) is 4.99 Å². The molecule has 1 saturated heterocycles. The fourth-order valence-electron chi connectivity index (χ4n) is 2.86. The molecule has 0 spiro atoms. The molecule has 1 atom stereocenters. The maximum absolute atomic E-state index is 12.3. The summed E-state index contributed by atoms with van der Waals surface area (Å²) < 4.78 is 32.1. The molecule has 0 amide bonds. The number of thioether (sulfide) groups is 1. The van der Waals surface area contributed by atoms with E-state index in [1.165, 1.54) is 7.11 Å². The fraction of sp³-hybridized carbons (Fsp3) is 0.611. The molecule has 2 rings (SSSR count). The monoisotopic (exact) mass is 414 g/mol. The Hall–Kier alpha value is -1.29. The number of nitrogens with zero attached hydrogens (tertiary/aromatic N) is 2. The van der Waals surface area contributed by atoms with E-state index in [-0.39, 0.29) is 11.4 Å². The molecule has 7 nitrogen and oxygen atoms in total. The molecule has 1 aliphatic heterocycles. The Morgan fingerprint density at radius 1 is 1.44 bits per heavy atom. The van der Waals surface area contributed by atoms with Gasteiger partial charge >= 0.3 is 0 Å². The van der Waals surface area contributed by atoms with E-state index in [1.54, 1.807) is 25.2 Å². The van der Waals surface area contributed by atoms with Crippen molar-refractivity contribution in [2.75, 3.05) is 46.2 Å². The molecular weight excluding hydrogens is 384 g/mol. The zero-order valence-corrected chi connectivity index (χ0v) is 17.9. The molecule has 1 fully saturated rings. The van der Waals surface area contributed by atoms with E-state index in [0.29, 0.717) is 18.4 Å². The molecule has 0 saturated carbocycles. The van der Waals surface area contributed by atoms with Gasteiger partial charge in [-0.15, -0.1) is 0 Å². The smallest absolute Gasteiger partial charge is 0.240 e. The molecule has 9 heteroatoms. The number of nitrogens with one attached hydrogen (secondary N) is 2. The lowest BCUT2D eigenvalue weighted by atomic mass is 10.2. The lowest BCUT2D eigenvalue weighted by Gasteiger charge is -2.34. The molecule has 152 valence electrons. The van der Waals surface area contributed by atoms with Crippen LogP contribution >= 0.6 is 11.8 Å². The number of benzene rings is 1. The summed E-state index contributed by atoms with van der Waals surface area (Å²) in [6, 6.07) is 6.96. The number of hydrogen-bond donors (Lipinski definition) is 2. The Balaban J connectivity index is 1.99. The average molecular weight is 415 g/mol. The van der Waals surface area contributed by atoms with Gasteiger partial charge in [-0.05, 0) is 24.1 Å². The van der Waals surface area contributed by atoms with Crippen LogP contribution in [0.4, 0.5) is 0 Å². The zero-order valence-electron chi connectivity index (χ0n) is 16.3. The van der Waals surface area contributed by atoms with E-state index < -0.39 is 10.0 Å². The van der Waals surface area contributed by atoms with Crippen molar-refractivity contribution < 1.29 is 13.2 Å². The Bertz CT molecular complexity index is 725. The van der Waals surface area contributed by atoms with E-state index in [2.05, 4.69) is 26.9 Å². The van der Waals surface area contributed by atoms with Gasteiger partial charge in [0.05, 0.1) is 11.5 Å². The van der Waals surface area contributed by atoms with Crippen LogP contribution in [-0.2, 0) is 21.3 Å². The maximum Gasteiger partial charge on any atom is 0.240 e. The molecule has 27 heavy (non-hydrogen) atoms. The summed E-state index contributed by atoms with van der Waals surface area (Å²) in [5.41, 5.74) is 0.893. The fourth-order valence-corrected chi connectivity index (χ4v) is 5.12. The van der Waals surface area contributed by atoms with Gasteiger partial charge in [-0.25, -0.2) is 13.1 Å². The first-order valence-electron chi connectivity index (χ1n) is 9.15. The van der Waals surface area contributed by atoms with Crippen molar-refractivity contribution in [2.45, 2.75) is 30.0 Å². The van der Waals surface area contributed by atoms with Crippen molar-refractivity contribution in [1.82, 2.24) is 14.9 Å². The highest BCUT2D eigenvalue weighted by Gasteiger charge is 2.21. The topological polar surface area (TPSA) is 83.0 Å². The van der Waals surface area contributed by atoms with Gasteiger partial charge in [0, 0.05) is 51.3 Å². The van der Waals surface area contributed by atoms with Crippen LogP contribution in [-0.4, -0.2) is 70.7 Å². The van der Waals surface area contributed by atoms with Gasteiger partial charge in [-0.1, -0.05) is 19.1 Å². The third kappa shape index (κ3) is 6.67. The number of guanidine groups is 1. The number of hydrogen-bond acceptors (Lipinski definition) is 5. The minimum atomic E-state index is -3.53. The maximum atomic E-state index is 12.3. The second kappa shape index (κ2) is 10.9. The van der Waals surface area contributed by atoms with Crippen LogP contribution < -0.4 is 10.0 Å². The van der Waals surface area contributed by atoms with Gasteiger partial charge in [0.2, 0.25) is 10.0 Å². The lowest BCUT2D eigenvalue weighted by molar-refractivity contribution is 0.204. The number of sulfonamides is 1. The van der Waals surface area contributed by atoms with E-state index >= 15 is 0 Å². The van der Waals surface area contributed by atoms with Gasteiger partial charge in [0.25, 0.3) is 0 Å². The second-order valence-corrected chi connectivity index (χ2v) is 9.46. The Morgan fingerprint density at radius 2 is 2.26 bits per heavy atom. The minimum absolute atomic E-state index is 0.250. The summed E-state index contributed by atoms with van der Waals surface area (Å²) >= 11 is 2.01. The third-order valence-electron chi connectivity index (χ3n) is 4.36. The second-order valence-electron chi connectivity index (χ2n) is 6.29. The first kappa shape index (κ1) is 22.0. The number of methoxy groups -OCH3 is 1. The molecule has 1 aromatic carbocycles. The van der Waals surface area contributed by atoms with Gasteiger partial charge in [-0.3, -0.25) is 4.99 Å². The first-order valence-corrected chi connectivity index (χ1v) is 11.7. The molecule has 1 unspecified atom stereocenters. The highest BCUT2D eigenvalue weighted by molar-refractivity contribution is 8.00. The molecule has 0 aliphatic carbocycles. The van der Waals surface area contributed by atoms with Crippen LogP contribution in [0, 0.1) is 0 Å². The minimum Gasteiger partial charge on any atom is -0.383 e. The summed E-state index contributed by atoms with van der Waals surface area (Å²) in [6.07, 6.45) is 1.15. The van der Waals surface area contributed by atoms with Gasteiger partial charge in [0.15, 0.2) is 5.96 Å². The van der Waals surface area contributed by atoms with E-state index in [1.807, 2.05) is 17.8 Å². The summed E-state index contributed by atoms with van der Waals surface area (Å²) in [5, 5.41) is 3.99. The van der Waals surface area contributed by atoms with Crippen molar-refractivity contribution in [3.63, 3.8) is 0 Å². The predicted molar refractivity (Wildman–Crippen MR) is 112 cm³/mol. The van der Waals surface area contributed by atoms with Crippen molar-refractivity contribution in [1.29, 1.82) is 0 Å². The van der Waals surface area contributed by atoms with Crippen LogP contribution in [0.5, 0.6) is 0 Å². The van der Waals surface area contributed by atoms with Crippen LogP contribution in [0.2, 0.25) is 0 Å². The van der Waals surface area contributed by atoms with Crippen molar-refractivity contribution in [3.05, 3.63) is 29.8 Å². The molecule has 1 aliphatic rings. The van der Waals surface area contributed by atoms with Gasteiger partial charge in [-0.2, -0.15) is 11.8 Å². The normalized spacial score (nSPS) is 18.6. The average Bonchev–Trinajstić information content (AvgIpc) is 2.69. The summed E-state index contributed by atoms with van der Waals surface area (Å²) in [6.45, 7) is 5.28. The predicted octanol–water partition coefficient (Wildman–Crippen LogP) is 1.51. The molecule has 0 aromatic heterocycles. The molecular formula is C18H30N4O3S2. The quantitative estimate of drug-likeness (QED) is 0.381. The van der Waals surface area contributed by atoms with E-state index in [9.17, 15) is 8.42 Å². The standard InChI is InChI=1S/C18H30N4O3S2/c1-4-16-14-22(9-11-26-16)18(19-2)20-13-15-6-5-7-17(12-15)27(23,24)21-8-10-25-3/h5-7,12,16,21H,4,8-11,13-14H2,1-3H3,(H,19,20). The van der Waals surface area contributed by atoms with Gasteiger partial charge < -0.3 is 15.0 Å². The van der Waals surface area contributed by atoms with Gasteiger partial charge in [0.1, 0.15) is 0 Å². The SMILES string of the molecule is CCC1CN(C(=NC)NCc2cccc(S(=O)(=O)NCCOC)c2)CCS1. The lowest BCUT2D eigenvalue weighted by Crippen LogP contribution is -2.47. The Labute approximate surface area is 167 Å². The molecule has 0 bridgehead atoms. The van der Waals surface area contributed by atoms with E-state index in [4.69, 9.17) is 4.74 Å². The highest BCUT2D eigenvalue weighted by Crippen LogP contribution is 2.21. The summed E-state index contributed by atoms with van der Waals surface area (Å²) in [7, 11) is -0.209. The van der Waals surface area contributed by atoms with Crippen LogP contribution in [0.25, 0.3) is 0 Å². The Morgan fingerprint density at radius 3 is 2.96 bits per heavy atom.